The van der Waals surface area contributed by atoms with Crippen LogP contribution in [0.4, 0.5) is 10.2 Å². The van der Waals surface area contributed by atoms with Crippen molar-refractivity contribution >= 4 is 16.7 Å². The summed E-state index contributed by atoms with van der Waals surface area (Å²) in [5, 5.41) is 7.34. The molecule has 1 saturated heterocycles. The second kappa shape index (κ2) is 5.32. The highest BCUT2D eigenvalue weighted by Crippen LogP contribution is 2.31. The molecular weight excluding hydrogens is 283 g/mol. The molecule has 4 rings (SSSR count). The fraction of sp³-hybridized carbons (Fsp3) is 0.333. The monoisotopic (exact) mass is 298 g/mol. The number of nitrogens with one attached hydrogen (secondary N) is 1. The van der Waals surface area contributed by atoms with Gasteiger partial charge < -0.3 is 4.90 Å². The van der Waals surface area contributed by atoms with Crippen LogP contribution in [0.15, 0.2) is 30.9 Å². The van der Waals surface area contributed by atoms with Crippen molar-refractivity contribution in [2.45, 2.75) is 18.8 Å². The molecule has 0 radical (unpaired) electrons. The van der Waals surface area contributed by atoms with Crippen molar-refractivity contribution < 1.29 is 4.39 Å². The van der Waals surface area contributed by atoms with Gasteiger partial charge in [0.15, 0.2) is 0 Å². The molecule has 1 aromatic carbocycles. The number of nitrogens with zero attached hydrogens (tertiary/aromatic N) is 5. The van der Waals surface area contributed by atoms with Gasteiger partial charge in [0, 0.05) is 19.0 Å². The van der Waals surface area contributed by atoms with Gasteiger partial charge in [-0.15, -0.1) is 0 Å². The Morgan fingerprint density at radius 3 is 3.00 bits per heavy atom. The number of halogens is 1. The minimum absolute atomic E-state index is 0.257. The highest BCUT2D eigenvalue weighted by molar-refractivity contribution is 5.89. The van der Waals surface area contributed by atoms with Gasteiger partial charge in [0.25, 0.3) is 0 Å². The van der Waals surface area contributed by atoms with E-state index in [0.717, 1.165) is 31.8 Å². The summed E-state index contributed by atoms with van der Waals surface area (Å²) in [6.07, 6.45) is 5.06. The van der Waals surface area contributed by atoms with Crippen LogP contribution in [-0.2, 0) is 0 Å². The van der Waals surface area contributed by atoms with E-state index in [0.29, 0.717) is 16.7 Å². The smallest absolute Gasteiger partial charge is 0.142 e. The van der Waals surface area contributed by atoms with Crippen molar-refractivity contribution in [3.05, 3.63) is 42.5 Å². The largest absolute Gasteiger partial charge is 0.355 e. The predicted molar refractivity (Wildman–Crippen MR) is 80.1 cm³/mol. The molecular formula is C15H15FN6. The van der Waals surface area contributed by atoms with Crippen LogP contribution in [0.1, 0.15) is 24.6 Å². The molecule has 7 heteroatoms. The van der Waals surface area contributed by atoms with Crippen LogP contribution in [0.25, 0.3) is 10.9 Å². The fourth-order valence-electron chi connectivity index (χ4n) is 3.10. The summed E-state index contributed by atoms with van der Waals surface area (Å²) < 4.78 is 14.2. The van der Waals surface area contributed by atoms with Crippen molar-refractivity contribution in [3.63, 3.8) is 0 Å². The summed E-state index contributed by atoms with van der Waals surface area (Å²) in [5.41, 5.74) is 0.631. The maximum atomic E-state index is 14.2. The SMILES string of the molecule is Fc1cccc2ncnc(N3CCC[C@H](c4ncn[nH]4)C3)c12. The van der Waals surface area contributed by atoms with E-state index in [1.54, 1.807) is 6.07 Å². The number of hydrogen-bond acceptors (Lipinski definition) is 5. The first-order chi connectivity index (χ1) is 10.8. The Hall–Kier alpha value is -2.57. The van der Waals surface area contributed by atoms with E-state index in [-0.39, 0.29) is 11.7 Å². The van der Waals surface area contributed by atoms with E-state index in [1.807, 2.05) is 6.07 Å². The molecule has 1 aliphatic heterocycles. The number of aromatic amines is 1. The molecule has 0 spiro atoms. The first kappa shape index (κ1) is 13.1. The van der Waals surface area contributed by atoms with Gasteiger partial charge in [0.1, 0.15) is 30.1 Å². The van der Waals surface area contributed by atoms with Crippen molar-refractivity contribution in [3.8, 4) is 0 Å². The number of aromatic nitrogens is 5. The summed E-state index contributed by atoms with van der Waals surface area (Å²) in [5.74, 6) is 1.51. The average molecular weight is 298 g/mol. The number of piperidine rings is 1. The summed E-state index contributed by atoms with van der Waals surface area (Å²) in [4.78, 5) is 14.9. The Morgan fingerprint density at radius 1 is 1.18 bits per heavy atom. The van der Waals surface area contributed by atoms with Crippen LogP contribution in [0.3, 0.4) is 0 Å². The molecule has 1 atom stereocenters. The van der Waals surface area contributed by atoms with Crippen molar-refractivity contribution in [1.29, 1.82) is 0 Å². The predicted octanol–water partition coefficient (Wildman–Crippen LogP) is 2.27. The third-order valence-corrected chi connectivity index (χ3v) is 4.13. The summed E-state index contributed by atoms with van der Waals surface area (Å²) >= 11 is 0. The molecule has 1 fully saturated rings. The van der Waals surface area contributed by atoms with E-state index in [1.165, 1.54) is 18.7 Å². The first-order valence-corrected chi connectivity index (χ1v) is 7.32. The number of hydrogen-bond donors (Lipinski definition) is 1. The number of fused-ring (bicyclic) bond motifs is 1. The van der Waals surface area contributed by atoms with Gasteiger partial charge in [-0.3, -0.25) is 5.10 Å². The van der Waals surface area contributed by atoms with E-state index >= 15 is 0 Å². The molecule has 112 valence electrons. The van der Waals surface area contributed by atoms with Gasteiger partial charge in [-0.2, -0.15) is 5.10 Å². The molecule has 0 bridgehead atoms. The van der Waals surface area contributed by atoms with Gasteiger partial charge in [0.05, 0.1) is 10.9 Å². The van der Waals surface area contributed by atoms with Gasteiger partial charge in [-0.25, -0.2) is 19.3 Å². The normalized spacial score (nSPS) is 18.8. The van der Waals surface area contributed by atoms with Crippen molar-refractivity contribution in [2.24, 2.45) is 0 Å². The Kier molecular flexibility index (Phi) is 3.17. The number of benzene rings is 1. The van der Waals surface area contributed by atoms with Crippen molar-refractivity contribution in [1.82, 2.24) is 25.1 Å². The molecule has 6 nitrogen and oxygen atoms in total. The summed E-state index contributed by atoms with van der Waals surface area (Å²) in [6, 6.07) is 4.93. The molecule has 3 heterocycles. The molecule has 0 aliphatic carbocycles. The lowest BCUT2D eigenvalue weighted by atomic mass is 9.97. The number of rotatable bonds is 2. The summed E-state index contributed by atoms with van der Waals surface area (Å²) in [6.45, 7) is 1.60. The standard InChI is InChI=1S/C15H15FN6/c16-11-4-1-5-12-13(11)15(19-8-17-12)22-6-2-3-10(7-22)14-18-9-20-21-14/h1,4-5,8-10H,2-3,6-7H2,(H,18,20,21)/t10-/m0/s1. The van der Waals surface area contributed by atoms with Gasteiger partial charge in [0.2, 0.25) is 0 Å². The highest BCUT2D eigenvalue weighted by atomic mass is 19.1. The maximum Gasteiger partial charge on any atom is 0.142 e. The summed E-state index contributed by atoms with van der Waals surface area (Å²) in [7, 11) is 0. The second-order valence-corrected chi connectivity index (χ2v) is 5.49. The fourth-order valence-corrected chi connectivity index (χ4v) is 3.10. The lowest BCUT2D eigenvalue weighted by molar-refractivity contribution is 0.490. The van der Waals surface area contributed by atoms with E-state index in [4.69, 9.17) is 0 Å². The minimum atomic E-state index is -0.283. The third kappa shape index (κ3) is 2.18. The molecule has 0 unspecified atom stereocenters. The lowest BCUT2D eigenvalue weighted by Gasteiger charge is -2.33. The van der Waals surface area contributed by atoms with Crippen LogP contribution >= 0.6 is 0 Å². The third-order valence-electron chi connectivity index (χ3n) is 4.13. The Bertz CT molecular complexity index is 783. The molecule has 2 aromatic heterocycles. The molecule has 1 aliphatic rings. The zero-order valence-corrected chi connectivity index (χ0v) is 11.9. The van der Waals surface area contributed by atoms with Crippen LogP contribution in [0.5, 0.6) is 0 Å². The van der Waals surface area contributed by atoms with Gasteiger partial charge in [-0.05, 0) is 25.0 Å². The van der Waals surface area contributed by atoms with Gasteiger partial charge >= 0.3 is 0 Å². The average Bonchev–Trinajstić information content (AvgIpc) is 3.09. The van der Waals surface area contributed by atoms with Crippen LogP contribution in [-0.4, -0.2) is 38.2 Å². The maximum absolute atomic E-state index is 14.2. The van der Waals surface area contributed by atoms with Crippen LogP contribution in [0.2, 0.25) is 0 Å². The number of H-pyrrole nitrogens is 1. The zero-order chi connectivity index (χ0) is 14.9. The molecule has 3 aromatic rings. The molecule has 22 heavy (non-hydrogen) atoms. The van der Waals surface area contributed by atoms with Crippen molar-refractivity contribution in [2.75, 3.05) is 18.0 Å². The Balaban J connectivity index is 1.72. The second-order valence-electron chi connectivity index (χ2n) is 5.49. The van der Waals surface area contributed by atoms with Crippen LogP contribution < -0.4 is 4.90 Å². The topological polar surface area (TPSA) is 70.6 Å². The van der Waals surface area contributed by atoms with E-state index in [2.05, 4.69) is 30.0 Å². The number of anilines is 1. The highest BCUT2D eigenvalue weighted by Gasteiger charge is 2.26. The van der Waals surface area contributed by atoms with Crippen LogP contribution in [0, 0.1) is 5.82 Å². The Labute approximate surface area is 126 Å². The van der Waals surface area contributed by atoms with E-state index in [9.17, 15) is 4.39 Å². The molecule has 0 amide bonds. The zero-order valence-electron chi connectivity index (χ0n) is 11.9. The molecule has 0 saturated carbocycles. The minimum Gasteiger partial charge on any atom is -0.355 e. The first-order valence-electron chi connectivity index (χ1n) is 7.32. The quantitative estimate of drug-likeness (QED) is 0.786. The van der Waals surface area contributed by atoms with E-state index < -0.39 is 0 Å². The molecule has 1 N–H and O–H groups in total. The van der Waals surface area contributed by atoms with Gasteiger partial charge in [-0.1, -0.05) is 6.07 Å². The Morgan fingerprint density at radius 2 is 2.14 bits per heavy atom. The lowest BCUT2D eigenvalue weighted by Crippen LogP contribution is -2.35.